The van der Waals surface area contributed by atoms with Gasteiger partial charge in [-0.3, -0.25) is 4.79 Å². The van der Waals surface area contributed by atoms with Crippen LogP contribution in [0.15, 0.2) is 59.9 Å². The number of carbonyl (C=O) groups excluding carboxylic acids is 1. The fourth-order valence-electron chi connectivity index (χ4n) is 3.70. The van der Waals surface area contributed by atoms with Crippen molar-refractivity contribution in [3.05, 3.63) is 71.0 Å². The summed E-state index contributed by atoms with van der Waals surface area (Å²) in [4.78, 5) is 12.7. The second kappa shape index (κ2) is 9.41. The second-order valence-corrected chi connectivity index (χ2v) is 7.06. The lowest BCUT2D eigenvalue weighted by molar-refractivity contribution is -0.115. The lowest BCUT2D eigenvalue weighted by Crippen LogP contribution is -2.26. The predicted octanol–water partition coefficient (Wildman–Crippen LogP) is 5.01. The first-order valence-corrected chi connectivity index (χ1v) is 10.00. The lowest BCUT2D eigenvalue weighted by Gasteiger charge is -2.25. The Hall–Kier alpha value is -3.08. The number of hydrogen-bond acceptors (Lipinski definition) is 5. The van der Waals surface area contributed by atoms with Gasteiger partial charge in [-0.05, 0) is 49.4 Å². The molecule has 1 aliphatic carbocycles. The monoisotopic (exact) mass is 393 g/mol. The molecule has 2 N–H and O–H groups in total. The molecule has 3 rings (SSSR count). The molecular weight excluding hydrogens is 366 g/mol. The molecule has 1 unspecified atom stereocenters. The van der Waals surface area contributed by atoms with E-state index < -0.39 is 0 Å². The Kier molecular flexibility index (Phi) is 6.70. The third-order valence-corrected chi connectivity index (χ3v) is 5.00. The van der Waals surface area contributed by atoms with Crippen LogP contribution in [0.4, 0.5) is 0 Å². The topological polar surface area (TPSA) is 79.6 Å². The molecule has 2 aromatic rings. The van der Waals surface area contributed by atoms with E-state index in [0.717, 1.165) is 11.1 Å². The Balaban J connectivity index is 1.80. The van der Waals surface area contributed by atoms with E-state index in [0.29, 0.717) is 37.6 Å². The Morgan fingerprint density at radius 1 is 1.03 bits per heavy atom. The largest absolute Gasteiger partial charge is 0.511 e. The van der Waals surface area contributed by atoms with Crippen LogP contribution in [-0.2, 0) is 11.2 Å². The summed E-state index contributed by atoms with van der Waals surface area (Å²) in [5.41, 5.74) is 2.21. The third kappa shape index (κ3) is 4.86. The predicted molar refractivity (Wildman–Crippen MR) is 113 cm³/mol. The summed E-state index contributed by atoms with van der Waals surface area (Å²) in [5, 5.41) is 19.0. The van der Waals surface area contributed by atoms with Crippen molar-refractivity contribution in [1.29, 1.82) is 5.41 Å². The van der Waals surface area contributed by atoms with Crippen LogP contribution in [0, 0.1) is 5.41 Å². The van der Waals surface area contributed by atoms with Gasteiger partial charge in [0.05, 0.1) is 18.8 Å². The van der Waals surface area contributed by atoms with Crippen molar-refractivity contribution in [3.8, 4) is 11.5 Å². The normalized spacial score (nSPS) is 18.5. The average molecular weight is 393 g/mol. The van der Waals surface area contributed by atoms with Crippen LogP contribution in [-0.4, -0.2) is 29.8 Å². The summed E-state index contributed by atoms with van der Waals surface area (Å²) in [6.07, 6.45) is 0.924. The summed E-state index contributed by atoms with van der Waals surface area (Å²) in [6.45, 7) is 4.83. The highest BCUT2D eigenvalue weighted by atomic mass is 16.5. The summed E-state index contributed by atoms with van der Waals surface area (Å²) < 4.78 is 11.2. The molecule has 0 aliphatic heterocycles. The molecule has 0 saturated heterocycles. The first kappa shape index (κ1) is 20.6. The molecule has 0 bridgehead atoms. The van der Waals surface area contributed by atoms with Gasteiger partial charge in [-0.25, -0.2) is 0 Å². The summed E-state index contributed by atoms with van der Waals surface area (Å²) in [7, 11) is 0. The van der Waals surface area contributed by atoms with E-state index in [2.05, 4.69) is 0 Å². The van der Waals surface area contributed by atoms with Gasteiger partial charge in [-0.15, -0.1) is 0 Å². The average Bonchev–Trinajstić information content (AvgIpc) is 2.70. The van der Waals surface area contributed by atoms with Gasteiger partial charge in [0.2, 0.25) is 0 Å². The van der Waals surface area contributed by atoms with Crippen LogP contribution >= 0.6 is 0 Å². The summed E-state index contributed by atoms with van der Waals surface area (Å²) in [6, 6.07) is 15.2. The minimum absolute atomic E-state index is 0.0113. The zero-order valence-corrected chi connectivity index (χ0v) is 16.9. The molecule has 1 atom stereocenters. The molecule has 0 amide bonds. The van der Waals surface area contributed by atoms with Gasteiger partial charge in [-0.2, -0.15) is 0 Å². The molecule has 1 fully saturated rings. The van der Waals surface area contributed by atoms with Crippen molar-refractivity contribution in [2.24, 2.45) is 0 Å². The number of hydrogen-bond donors (Lipinski definition) is 2. The highest BCUT2D eigenvalue weighted by molar-refractivity contribution is 6.23. The van der Waals surface area contributed by atoms with E-state index in [1.165, 1.54) is 0 Å². The first-order chi connectivity index (χ1) is 14.0. The van der Waals surface area contributed by atoms with Crippen molar-refractivity contribution >= 4 is 11.5 Å². The lowest BCUT2D eigenvalue weighted by atomic mass is 9.79. The standard InChI is InChI=1S/C24H27NO4/c1-3-28-22-11-10-16(13-23(22)29-4-2)12-20(26)24-19(25)14-18(15-21(24)27)17-8-6-5-7-9-17/h5-11,13,18,25-26H,3-4,12,14-15H2,1-2H3/b24-20+,25-19?. The number of aliphatic hydroxyl groups is 1. The van der Waals surface area contributed by atoms with Gasteiger partial charge in [0.15, 0.2) is 17.3 Å². The van der Waals surface area contributed by atoms with Crippen LogP contribution in [0.3, 0.4) is 0 Å². The van der Waals surface area contributed by atoms with Crippen LogP contribution in [0.2, 0.25) is 0 Å². The van der Waals surface area contributed by atoms with E-state index in [1.54, 1.807) is 6.07 Å². The number of ketones is 1. The smallest absolute Gasteiger partial charge is 0.168 e. The zero-order valence-electron chi connectivity index (χ0n) is 16.9. The van der Waals surface area contributed by atoms with Crippen molar-refractivity contribution in [1.82, 2.24) is 0 Å². The highest BCUT2D eigenvalue weighted by Crippen LogP contribution is 2.34. The highest BCUT2D eigenvalue weighted by Gasteiger charge is 2.31. The van der Waals surface area contributed by atoms with Crippen LogP contribution < -0.4 is 9.47 Å². The Bertz CT molecular complexity index is 898. The maximum absolute atomic E-state index is 12.7. The summed E-state index contributed by atoms with van der Waals surface area (Å²) >= 11 is 0. The fraction of sp³-hybridized carbons (Fsp3) is 0.333. The molecule has 0 aromatic heterocycles. The molecule has 1 saturated carbocycles. The number of carbonyl (C=O) groups is 1. The third-order valence-electron chi connectivity index (χ3n) is 5.00. The van der Waals surface area contributed by atoms with E-state index in [-0.39, 0.29) is 35.2 Å². The molecule has 1 aliphatic rings. The van der Waals surface area contributed by atoms with E-state index in [4.69, 9.17) is 14.9 Å². The number of allylic oxidation sites excluding steroid dienone is 2. The fourth-order valence-corrected chi connectivity index (χ4v) is 3.70. The second-order valence-electron chi connectivity index (χ2n) is 7.06. The molecule has 29 heavy (non-hydrogen) atoms. The minimum Gasteiger partial charge on any atom is -0.511 e. The van der Waals surface area contributed by atoms with Crippen LogP contribution in [0.5, 0.6) is 11.5 Å². The number of benzene rings is 2. The zero-order chi connectivity index (χ0) is 20.8. The van der Waals surface area contributed by atoms with E-state index >= 15 is 0 Å². The molecule has 0 heterocycles. The molecule has 0 radical (unpaired) electrons. The number of Topliss-reactive ketones (excluding diaryl/α,β-unsaturated/α-hetero) is 1. The van der Waals surface area contributed by atoms with Crippen LogP contribution in [0.1, 0.15) is 43.7 Å². The maximum atomic E-state index is 12.7. The van der Waals surface area contributed by atoms with Gasteiger partial charge >= 0.3 is 0 Å². The Morgan fingerprint density at radius 3 is 2.38 bits per heavy atom. The number of rotatable bonds is 7. The Morgan fingerprint density at radius 2 is 1.72 bits per heavy atom. The number of nitrogens with one attached hydrogen (secondary N) is 1. The molecule has 152 valence electrons. The number of aliphatic hydroxyl groups excluding tert-OH is 1. The molecule has 5 nitrogen and oxygen atoms in total. The SMILES string of the molecule is CCOc1ccc(C/C(O)=C2/C(=N)CC(c3ccccc3)CC2=O)cc1OCC. The van der Waals surface area contributed by atoms with Gasteiger partial charge in [0.1, 0.15) is 5.76 Å². The van der Waals surface area contributed by atoms with Gasteiger partial charge in [0.25, 0.3) is 0 Å². The quantitative estimate of drug-likeness (QED) is 0.512. The maximum Gasteiger partial charge on any atom is 0.168 e. The van der Waals surface area contributed by atoms with E-state index in [9.17, 15) is 9.90 Å². The van der Waals surface area contributed by atoms with Gasteiger partial charge in [-0.1, -0.05) is 36.4 Å². The molecule has 5 heteroatoms. The summed E-state index contributed by atoms with van der Waals surface area (Å²) in [5.74, 6) is 1.01. The molecular formula is C24H27NO4. The Labute approximate surface area is 171 Å². The van der Waals surface area contributed by atoms with Crippen LogP contribution in [0.25, 0.3) is 0 Å². The molecule has 2 aromatic carbocycles. The van der Waals surface area contributed by atoms with Crippen molar-refractivity contribution in [2.45, 2.75) is 39.0 Å². The number of ether oxygens (including phenoxy) is 2. The van der Waals surface area contributed by atoms with Crippen molar-refractivity contribution < 1.29 is 19.4 Å². The van der Waals surface area contributed by atoms with E-state index in [1.807, 2.05) is 56.3 Å². The van der Waals surface area contributed by atoms with Gasteiger partial charge < -0.3 is 20.0 Å². The van der Waals surface area contributed by atoms with Gasteiger partial charge in [0, 0.05) is 18.6 Å². The first-order valence-electron chi connectivity index (χ1n) is 10.00. The molecule has 0 spiro atoms. The minimum atomic E-state index is -0.177. The van der Waals surface area contributed by atoms with Crippen molar-refractivity contribution in [3.63, 3.8) is 0 Å². The van der Waals surface area contributed by atoms with Crippen molar-refractivity contribution in [2.75, 3.05) is 13.2 Å².